The highest BCUT2D eigenvalue weighted by atomic mass is 32.2. The molecule has 0 spiro atoms. The summed E-state index contributed by atoms with van der Waals surface area (Å²) in [5.74, 6) is 2.81. The van der Waals surface area contributed by atoms with Gasteiger partial charge >= 0.3 is 0 Å². The summed E-state index contributed by atoms with van der Waals surface area (Å²) in [4.78, 5) is 0. The zero-order valence-electron chi connectivity index (χ0n) is 12.4. The number of aliphatic hydroxyl groups is 1. The van der Waals surface area contributed by atoms with E-state index in [4.69, 9.17) is 5.73 Å². The van der Waals surface area contributed by atoms with Gasteiger partial charge in [-0.3, -0.25) is 0 Å². The molecule has 2 fully saturated rings. The van der Waals surface area contributed by atoms with Gasteiger partial charge in [-0.05, 0) is 50.2 Å². The minimum atomic E-state index is -0.153. The second kappa shape index (κ2) is 7.90. The van der Waals surface area contributed by atoms with Crippen LogP contribution in [0.15, 0.2) is 0 Å². The lowest BCUT2D eigenvalue weighted by atomic mass is 9.71. The standard InChI is InChI=1S/C16H31NOS/c1-12(18)9-10-19-14-7-8-15(16(17)11-14)13-5-3-2-4-6-13/h12-16,18H,2-11,17H2,1H3. The first kappa shape index (κ1) is 15.7. The van der Waals surface area contributed by atoms with Gasteiger partial charge in [0, 0.05) is 11.3 Å². The van der Waals surface area contributed by atoms with Crippen LogP contribution in [0.4, 0.5) is 0 Å². The molecule has 4 atom stereocenters. The molecule has 112 valence electrons. The molecular weight excluding hydrogens is 254 g/mol. The van der Waals surface area contributed by atoms with Crippen LogP contribution in [0.2, 0.25) is 0 Å². The van der Waals surface area contributed by atoms with Crippen LogP contribution in [0, 0.1) is 11.8 Å². The first-order chi connectivity index (χ1) is 9.16. The summed E-state index contributed by atoms with van der Waals surface area (Å²) in [6.07, 6.45) is 11.8. The van der Waals surface area contributed by atoms with Gasteiger partial charge in [-0.25, -0.2) is 0 Å². The van der Waals surface area contributed by atoms with Gasteiger partial charge < -0.3 is 10.8 Å². The van der Waals surface area contributed by atoms with Gasteiger partial charge in [-0.1, -0.05) is 32.1 Å². The third kappa shape index (κ3) is 4.95. The Hall–Kier alpha value is 0.270. The van der Waals surface area contributed by atoms with E-state index in [0.29, 0.717) is 6.04 Å². The van der Waals surface area contributed by atoms with E-state index in [1.807, 2.05) is 18.7 Å². The summed E-state index contributed by atoms with van der Waals surface area (Å²) in [6.45, 7) is 1.88. The number of nitrogens with two attached hydrogens (primary N) is 1. The molecule has 0 aliphatic heterocycles. The minimum Gasteiger partial charge on any atom is -0.393 e. The number of aliphatic hydroxyl groups excluding tert-OH is 1. The van der Waals surface area contributed by atoms with Crippen molar-refractivity contribution in [2.45, 2.75) is 82.1 Å². The SMILES string of the molecule is CC(O)CCSC1CCC(C2CCCCC2)C(N)C1. The summed E-state index contributed by atoms with van der Waals surface area (Å²) in [6, 6.07) is 0.431. The Kier molecular flexibility index (Phi) is 6.51. The van der Waals surface area contributed by atoms with Gasteiger partial charge in [0.2, 0.25) is 0 Å². The molecule has 0 aromatic heterocycles. The molecule has 2 nitrogen and oxygen atoms in total. The molecule has 0 aromatic carbocycles. The van der Waals surface area contributed by atoms with Crippen molar-refractivity contribution in [2.75, 3.05) is 5.75 Å². The van der Waals surface area contributed by atoms with E-state index in [1.165, 1.54) is 51.4 Å². The lowest BCUT2D eigenvalue weighted by molar-refractivity contribution is 0.174. The van der Waals surface area contributed by atoms with Crippen molar-refractivity contribution < 1.29 is 5.11 Å². The van der Waals surface area contributed by atoms with Crippen LogP contribution in [0.1, 0.15) is 64.7 Å². The van der Waals surface area contributed by atoms with Crippen molar-refractivity contribution in [1.29, 1.82) is 0 Å². The smallest absolute Gasteiger partial charge is 0.0520 e. The van der Waals surface area contributed by atoms with Crippen LogP contribution < -0.4 is 5.73 Å². The lowest BCUT2D eigenvalue weighted by Crippen LogP contribution is -2.42. The Balaban J connectivity index is 1.71. The molecule has 3 heteroatoms. The molecule has 19 heavy (non-hydrogen) atoms. The number of hydrogen-bond donors (Lipinski definition) is 2. The highest BCUT2D eigenvalue weighted by Crippen LogP contribution is 2.40. The number of thioether (sulfide) groups is 1. The van der Waals surface area contributed by atoms with Gasteiger partial charge in [0.1, 0.15) is 0 Å². The van der Waals surface area contributed by atoms with E-state index >= 15 is 0 Å². The Labute approximate surface area is 122 Å². The van der Waals surface area contributed by atoms with E-state index < -0.39 is 0 Å². The van der Waals surface area contributed by atoms with Gasteiger partial charge in [0.05, 0.1) is 6.10 Å². The molecular formula is C16H31NOS. The average molecular weight is 285 g/mol. The highest BCUT2D eigenvalue weighted by molar-refractivity contribution is 7.99. The molecule has 2 rings (SSSR count). The predicted octanol–water partition coefficient (Wildman–Crippen LogP) is 3.57. The summed E-state index contributed by atoms with van der Waals surface area (Å²) in [5.41, 5.74) is 6.47. The Morgan fingerprint density at radius 2 is 1.89 bits per heavy atom. The zero-order valence-corrected chi connectivity index (χ0v) is 13.2. The summed E-state index contributed by atoms with van der Waals surface area (Å²) < 4.78 is 0. The maximum absolute atomic E-state index is 9.31. The molecule has 4 unspecified atom stereocenters. The first-order valence-electron chi connectivity index (χ1n) is 8.22. The number of rotatable bonds is 5. The first-order valence-corrected chi connectivity index (χ1v) is 9.27. The second-order valence-corrected chi connectivity index (χ2v) is 8.08. The fourth-order valence-corrected chi connectivity index (χ4v) is 5.36. The fourth-order valence-electron chi connectivity index (χ4n) is 3.89. The minimum absolute atomic E-state index is 0.153. The lowest BCUT2D eigenvalue weighted by Gasteiger charge is -2.40. The van der Waals surface area contributed by atoms with Crippen molar-refractivity contribution in [3.63, 3.8) is 0 Å². The largest absolute Gasteiger partial charge is 0.393 e. The van der Waals surface area contributed by atoms with Gasteiger partial charge in [0.25, 0.3) is 0 Å². The third-order valence-corrected chi connectivity index (χ3v) is 6.42. The summed E-state index contributed by atoms with van der Waals surface area (Å²) in [7, 11) is 0. The molecule has 2 aliphatic rings. The van der Waals surface area contributed by atoms with Crippen LogP contribution in [-0.2, 0) is 0 Å². The molecule has 0 aromatic rings. The highest BCUT2D eigenvalue weighted by Gasteiger charge is 2.33. The summed E-state index contributed by atoms with van der Waals surface area (Å²) in [5, 5.41) is 10.1. The van der Waals surface area contributed by atoms with E-state index in [0.717, 1.165) is 29.3 Å². The molecule has 0 radical (unpaired) electrons. The van der Waals surface area contributed by atoms with Crippen molar-refractivity contribution in [3.05, 3.63) is 0 Å². The van der Waals surface area contributed by atoms with Crippen LogP contribution in [0.3, 0.4) is 0 Å². The van der Waals surface area contributed by atoms with Gasteiger partial charge in [-0.2, -0.15) is 11.8 Å². The topological polar surface area (TPSA) is 46.2 Å². The van der Waals surface area contributed by atoms with E-state index in [-0.39, 0.29) is 6.10 Å². The zero-order chi connectivity index (χ0) is 13.7. The monoisotopic (exact) mass is 285 g/mol. The molecule has 0 amide bonds. The van der Waals surface area contributed by atoms with E-state index in [2.05, 4.69) is 0 Å². The maximum atomic E-state index is 9.31. The molecule has 0 saturated heterocycles. The normalized spacial score (nSPS) is 35.2. The van der Waals surface area contributed by atoms with E-state index in [9.17, 15) is 5.11 Å². The van der Waals surface area contributed by atoms with Crippen molar-refractivity contribution in [1.82, 2.24) is 0 Å². The summed E-state index contributed by atoms with van der Waals surface area (Å²) >= 11 is 2.04. The molecule has 0 bridgehead atoms. The maximum Gasteiger partial charge on any atom is 0.0520 e. The van der Waals surface area contributed by atoms with Crippen molar-refractivity contribution in [3.8, 4) is 0 Å². The average Bonchev–Trinajstić information content (AvgIpc) is 2.39. The molecule has 0 heterocycles. The van der Waals surface area contributed by atoms with Crippen LogP contribution in [-0.4, -0.2) is 28.3 Å². The Morgan fingerprint density at radius 3 is 2.53 bits per heavy atom. The van der Waals surface area contributed by atoms with E-state index in [1.54, 1.807) is 0 Å². The molecule has 3 N–H and O–H groups in total. The Morgan fingerprint density at radius 1 is 1.16 bits per heavy atom. The molecule has 2 aliphatic carbocycles. The van der Waals surface area contributed by atoms with Crippen molar-refractivity contribution >= 4 is 11.8 Å². The quantitative estimate of drug-likeness (QED) is 0.812. The fraction of sp³-hybridized carbons (Fsp3) is 1.00. The van der Waals surface area contributed by atoms with Crippen molar-refractivity contribution in [2.24, 2.45) is 17.6 Å². The number of hydrogen-bond acceptors (Lipinski definition) is 3. The molecule has 2 saturated carbocycles. The third-order valence-electron chi connectivity index (χ3n) is 5.05. The van der Waals surface area contributed by atoms with Crippen LogP contribution in [0.5, 0.6) is 0 Å². The van der Waals surface area contributed by atoms with Crippen LogP contribution >= 0.6 is 11.8 Å². The predicted molar refractivity (Wildman–Crippen MR) is 84.4 cm³/mol. The Bertz CT molecular complexity index is 253. The van der Waals surface area contributed by atoms with Gasteiger partial charge in [0.15, 0.2) is 0 Å². The second-order valence-electron chi connectivity index (χ2n) is 6.67. The van der Waals surface area contributed by atoms with Gasteiger partial charge in [-0.15, -0.1) is 0 Å². The van der Waals surface area contributed by atoms with Crippen LogP contribution in [0.25, 0.3) is 0 Å².